The molecule has 1 aliphatic rings. The number of amides is 1. The number of ether oxygens (including phenoxy) is 1. The Kier molecular flexibility index (Phi) is 7.61. The number of nitrogens with zero attached hydrogens (tertiary/aromatic N) is 4. The molecule has 0 bridgehead atoms. The molecule has 3 aromatic rings. The van der Waals surface area contributed by atoms with Crippen LogP contribution in [0.15, 0.2) is 64.2 Å². The first-order chi connectivity index (χ1) is 18.3. The quantitative estimate of drug-likeness (QED) is 0.207. The van der Waals surface area contributed by atoms with Gasteiger partial charge < -0.3 is 4.74 Å². The molecule has 0 aliphatic carbocycles. The van der Waals surface area contributed by atoms with E-state index in [0.717, 1.165) is 9.48 Å². The smallest absolute Gasteiger partial charge is 0.416 e. The second-order valence-corrected chi connectivity index (χ2v) is 9.58. The van der Waals surface area contributed by atoms with Crippen LogP contribution in [0.2, 0.25) is 5.02 Å². The van der Waals surface area contributed by atoms with Gasteiger partial charge in [-0.05, 0) is 23.8 Å². The van der Waals surface area contributed by atoms with Gasteiger partial charge >= 0.3 is 17.6 Å². The van der Waals surface area contributed by atoms with Crippen LogP contribution in [-0.2, 0) is 11.0 Å². The van der Waals surface area contributed by atoms with E-state index in [-0.39, 0.29) is 34.9 Å². The number of hydrazone groups is 1. The van der Waals surface area contributed by atoms with Gasteiger partial charge in [0.25, 0.3) is 5.75 Å². The van der Waals surface area contributed by atoms with Crippen LogP contribution in [0.25, 0.3) is 0 Å². The van der Waals surface area contributed by atoms with Crippen molar-refractivity contribution in [3.63, 3.8) is 0 Å². The van der Waals surface area contributed by atoms with E-state index in [2.05, 4.69) is 21.0 Å². The van der Waals surface area contributed by atoms with Crippen molar-refractivity contribution >= 4 is 50.5 Å². The van der Waals surface area contributed by atoms with Crippen LogP contribution in [0, 0.1) is 20.2 Å². The molecule has 0 N–H and O–H groups in total. The molecule has 0 spiro atoms. The van der Waals surface area contributed by atoms with Gasteiger partial charge in [0.2, 0.25) is 5.91 Å². The highest BCUT2D eigenvalue weighted by Crippen LogP contribution is 2.48. The third kappa shape index (κ3) is 5.71. The van der Waals surface area contributed by atoms with Gasteiger partial charge in [0.1, 0.15) is 0 Å². The summed E-state index contributed by atoms with van der Waals surface area (Å²) in [6, 6.07) is 10.8. The minimum absolute atomic E-state index is 0.144. The number of para-hydroxylation sites is 1. The molecule has 1 aliphatic heterocycles. The maximum Gasteiger partial charge on any atom is 0.416 e. The maximum atomic E-state index is 13.3. The van der Waals surface area contributed by atoms with Crippen molar-refractivity contribution in [2.24, 2.45) is 5.10 Å². The molecule has 0 radical (unpaired) electrons. The van der Waals surface area contributed by atoms with Gasteiger partial charge in [0.05, 0.1) is 32.2 Å². The third-order valence-corrected chi connectivity index (χ3v) is 6.57. The summed E-state index contributed by atoms with van der Waals surface area (Å²) in [5, 5.41) is 28.8. The first-order valence-corrected chi connectivity index (χ1v) is 12.1. The summed E-state index contributed by atoms with van der Waals surface area (Å²) in [5.41, 5.74) is -2.78. The Balaban J connectivity index is 1.84. The molecule has 15 heteroatoms. The minimum atomic E-state index is -5.10. The Morgan fingerprint density at radius 1 is 1.08 bits per heavy atom. The maximum absolute atomic E-state index is 13.3. The first-order valence-electron chi connectivity index (χ1n) is 10.9. The molecular formula is C24H15BrClF3N4O6. The van der Waals surface area contributed by atoms with Crippen LogP contribution >= 0.6 is 27.5 Å². The number of nitro benzene ring substituents is 2. The lowest BCUT2D eigenvalue weighted by Crippen LogP contribution is -2.24. The summed E-state index contributed by atoms with van der Waals surface area (Å²) in [7, 11) is 0. The van der Waals surface area contributed by atoms with E-state index < -0.39 is 50.7 Å². The van der Waals surface area contributed by atoms with E-state index in [1.54, 1.807) is 24.3 Å². The average molecular weight is 628 g/mol. The molecule has 1 amide bonds. The van der Waals surface area contributed by atoms with Crippen molar-refractivity contribution in [3.8, 4) is 11.5 Å². The van der Waals surface area contributed by atoms with Crippen LogP contribution in [0.4, 0.5) is 24.5 Å². The molecule has 1 unspecified atom stereocenters. The summed E-state index contributed by atoms with van der Waals surface area (Å²) in [6.07, 6.45) is -4.95. The number of alkyl halides is 3. The molecule has 1 atom stereocenters. The Hall–Kier alpha value is -4.04. The first kappa shape index (κ1) is 28.0. The molecule has 3 aromatic carbocycles. The molecule has 0 saturated heterocycles. The monoisotopic (exact) mass is 626 g/mol. The highest BCUT2D eigenvalue weighted by atomic mass is 79.9. The molecule has 0 saturated carbocycles. The van der Waals surface area contributed by atoms with Crippen molar-refractivity contribution in [2.75, 3.05) is 0 Å². The zero-order valence-electron chi connectivity index (χ0n) is 19.6. The Bertz CT molecular complexity index is 1500. The number of hydrogen-bond donors (Lipinski definition) is 0. The van der Waals surface area contributed by atoms with Crippen LogP contribution in [0.5, 0.6) is 11.5 Å². The van der Waals surface area contributed by atoms with Crippen molar-refractivity contribution in [1.29, 1.82) is 0 Å². The zero-order valence-corrected chi connectivity index (χ0v) is 22.0. The number of hydrogen-bond acceptors (Lipinski definition) is 7. The summed E-state index contributed by atoms with van der Waals surface area (Å²) >= 11 is 9.67. The lowest BCUT2D eigenvalue weighted by molar-refractivity contribution is -0.396. The highest BCUT2D eigenvalue weighted by Gasteiger charge is 2.40. The fraction of sp³-hybridized carbons (Fsp3) is 0.167. The molecule has 202 valence electrons. The van der Waals surface area contributed by atoms with Gasteiger partial charge in [-0.3, -0.25) is 25.0 Å². The van der Waals surface area contributed by atoms with Crippen LogP contribution in [0.1, 0.15) is 36.1 Å². The summed E-state index contributed by atoms with van der Waals surface area (Å²) in [6.45, 7) is 1.26. The van der Waals surface area contributed by atoms with Gasteiger partial charge in [0.15, 0.2) is 5.75 Å². The van der Waals surface area contributed by atoms with Gasteiger partial charge in [-0.15, -0.1) is 0 Å². The minimum Gasteiger partial charge on any atom is -0.442 e. The van der Waals surface area contributed by atoms with Gasteiger partial charge in [0, 0.05) is 35.5 Å². The lowest BCUT2D eigenvalue weighted by atomic mass is 9.97. The van der Waals surface area contributed by atoms with Crippen molar-refractivity contribution < 1.29 is 32.5 Å². The van der Waals surface area contributed by atoms with E-state index in [9.17, 15) is 38.2 Å². The van der Waals surface area contributed by atoms with Gasteiger partial charge in [-0.25, -0.2) is 5.01 Å². The second-order valence-electron chi connectivity index (χ2n) is 8.25. The summed E-state index contributed by atoms with van der Waals surface area (Å²) in [4.78, 5) is 33.4. The van der Waals surface area contributed by atoms with E-state index in [4.69, 9.17) is 16.3 Å². The average Bonchev–Trinajstić information content (AvgIpc) is 3.30. The fourth-order valence-corrected chi connectivity index (χ4v) is 4.48. The fourth-order valence-electron chi connectivity index (χ4n) is 4.00. The lowest BCUT2D eigenvalue weighted by Gasteiger charge is -2.23. The summed E-state index contributed by atoms with van der Waals surface area (Å²) < 4.78 is 46.4. The van der Waals surface area contributed by atoms with E-state index >= 15 is 0 Å². The number of halogens is 5. The van der Waals surface area contributed by atoms with Gasteiger partial charge in [-0.2, -0.15) is 18.3 Å². The van der Waals surface area contributed by atoms with Gasteiger partial charge in [-0.1, -0.05) is 51.8 Å². The topological polar surface area (TPSA) is 128 Å². The SMILES string of the molecule is CC(=O)N1N=C(c2ccc(Br)cc2)CC1c1cccc(Cl)c1Oc1c([N+](=O)[O-])cc(C(F)(F)F)cc1[N+](=O)[O-]. The predicted octanol–water partition coefficient (Wildman–Crippen LogP) is 7.43. The Labute approximate surface area is 231 Å². The predicted molar refractivity (Wildman–Crippen MR) is 137 cm³/mol. The number of carbonyl (C=O) groups excluding carboxylic acids is 1. The Morgan fingerprint density at radius 2 is 1.67 bits per heavy atom. The summed E-state index contributed by atoms with van der Waals surface area (Å²) in [5.74, 6) is -1.83. The Morgan fingerprint density at radius 3 is 2.18 bits per heavy atom. The van der Waals surface area contributed by atoms with E-state index in [1.165, 1.54) is 25.1 Å². The van der Waals surface area contributed by atoms with Crippen LogP contribution in [-0.4, -0.2) is 26.5 Å². The van der Waals surface area contributed by atoms with Crippen molar-refractivity contribution in [2.45, 2.75) is 25.6 Å². The second kappa shape index (κ2) is 10.6. The molecule has 0 aromatic heterocycles. The van der Waals surface area contributed by atoms with Crippen molar-refractivity contribution in [1.82, 2.24) is 5.01 Å². The van der Waals surface area contributed by atoms with Crippen LogP contribution in [0.3, 0.4) is 0 Å². The molecule has 39 heavy (non-hydrogen) atoms. The molecule has 0 fully saturated rings. The molecule has 1 heterocycles. The largest absolute Gasteiger partial charge is 0.442 e. The van der Waals surface area contributed by atoms with Crippen molar-refractivity contribution in [3.05, 3.63) is 101 Å². The zero-order chi connectivity index (χ0) is 28.6. The van der Waals surface area contributed by atoms with E-state index in [0.29, 0.717) is 11.3 Å². The number of carbonyl (C=O) groups is 1. The number of nitro groups is 2. The normalized spacial score (nSPS) is 15.2. The van der Waals surface area contributed by atoms with Crippen LogP contribution < -0.4 is 4.74 Å². The molecular weight excluding hydrogens is 613 g/mol. The molecule has 10 nitrogen and oxygen atoms in total. The third-order valence-electron chi connectivity index (χ3n) is 5.74. The number of rotatable bonds is 6. The number of benzene rings is 3. The van der Waals surface area contributed by atoms with E-state index in [1.807, 2.05) is 0 Å². The molecule has 4 rings (SSSR count). The highest BCUT2D eigenvalue weighted by molar-refractivity contribution is 9.10. The standard InChI is InChI=1S/C24H15BrClF3N4O6/c1-12(34)31-19(11-18(30-31)13-5-7-15(25)8-6-13)16-3-2-4-17(26)22(16)39-23-20(32(35)36)9-14(24(27,28)29)10-21(23)33(37)38/h2-10,19H,11H2,1H3.